The molecule has 0 spiro atoms. The van der Waals surface area contributed by atoms with Crippen LogP contribution in [0.25, 0.3) is 0 Å². The zero-order chi connectivity index (χ0) is 13.8. The van der Waals surface area contributed by atoms with Gasteiger partial charge < -0.3 is 15.6 Å². The topological polar surface area (TPSA) is 58.7 Å². The average Bonchev–Trinajstić information content (AvgIpc) is 2.29. The number of hydrogen-bond donors (Lipinski definition) is 2. The molecule has 1 fully saturated rings. The van der Waals surface area contributed by atoms with E-state index < -0.39 is 0 Å². The summed E-state index contributed by atoms with van der Waals surface area (Å²) >= 11 is 0. The van der Waals surface area contributed by atoms with Gasteiger partial charge in [-0.25, -0.2) is 0 Å². The van der Waals surface area contributed by atoms with Crippen molar-refractivity contribution < 1.29 is 9.84 Å². The maximum atomic E-state index is 9.68. The highest BCUT2D eigenvalue weighted by Crippen LogP contribution is 2.26. The van der Waals surface area contributed by atoms with Gasteiger partial charge in [0, 0.05) is 25.7 Å². The minimum atomic E-state index is -0.0104. The third-order valence-electron chi connectivity index (χ3n) is 4.02. The molecule has 1 rings (SSSR count). The van der Waals surface area contributed by atoms with Crippen molar-refractivity contribution >= 4 is 0 Å². The summed E-state index contributed by atoms with van der Waals surface area (Å²) in [5.41, 5.74) is 6.34. The van der Waals surface area contributed by atoms with Gasteiger partial charge in [0.2, 0.25) is 0 Å². The van der Waals surface area contributed by atoms with E-state index in [-0.39, 0.29) is 24.1 Å². The van der Waals surface area contributed by atoms with Crippen LogP contribution >= 0.6 is 0 Å². The first-order valence-electron chi connectivity index (χ1n) is 6.99. The highest BCUT2D eigenvalue weighted by atomic mass is 16.5. The number of methoxy groups -OCH3 is 1. The maximum absolute atomic E-state index is 9.68. The molecule has 0 aromatic carbocycles. The summed E-state index contributed by atoms with van der Waals surface area (Å²) in [4.78, 5) is 2.35. The van der Waals surface area contributed by atoms with E-state index in [1.165, 1.54) is 12.8 Å². The normalized spacial score (nSPS) is 26.0. The predicted molar refractivity (Wildman–Crippen MR) is 74.5 cm³/mol. The van der Waals surface area contributed by atoms with Crippen LogP contribution in [0.1, 0.15) is 33.6 Å². The Bertz CT molecular complexity index is 238. The highest BCUT2D eigenvalue weighted by molar-refractivity contribution is 4.91. The fraction of sp³-hybridized carbons (Fsp3) is 1.00. The number of nitrogens with two attached hydrogens (primary N) is 1. The molecule has 0 radical (unpaired) electrons. The lowest BCUT2D eigenvalue weighted by molar-refractivity contribution is 0.0218. The molecule has 0 aliphatic carbocycles. The van der Waals surface area contributed by atoms with Crippen molar-refractivity contribution in [3.63, 3.8) is 0 Å². The molecule has 1 heterocycles. The highest BCUT2D eigenvalue weighted by Gasteiger charge is 2.34. The lowest BCUT2D eigenvalue weighted by Gasteiger charge is -2.43. The van der Waals surface area contributed by atoms with Crippen molar-refractivity contribution in [2.45, 2.75) is 45.7 Å². The van der Waals surface area contributed by atoms with Crippen LogP contribution in [0.15, 0.2) is 0 Å². The Kier molecular flexibility index (Phi) is 6.05. The lowest BCUT2D eigenvalue weighted by atomic mass is 9.81. The standard InChI is InChI=1S/C14H30N2O2/c1-14(2,3)13(15)12(9-17)16-7-5-6-11(8-16)10-18-4/h11-13,17H,5-10,15H2,1-4H3. The van der Waals surface area contributed by atoms with Gasteiger partial charge in [-0.15, -0.1) is 0 Å². The monoisotopic (exact) mass is 258 g/mol. The SMILES string of the molecule is COCC1CCCN(C(CO)C(N)C(C)(C)C)C1. The van der Waals surface area contributed by atoms with E-state index in [0.29, 0.717) is 5.92 Å². The number of ether oxygens (including phenoxy) is 1. The second-order valence-electron chi connectivity index (χ2n) is 6.60. The van der Waals surface area contributed by atoms with Crippen LogP contribution in [-0.2, 0) is 4.74 Å². The van der Waals surface area contributed by atoms with E-state index in [2.05, 4.69) is 25.7 Å². The van der Waals surface area contributed by atoms with E-state index in [9.17, 15) is 5.11 Å². The molecule has 1 saturated heterocycles. The number of piperidine rings is 1. The van der Waals surface area contributed by atoms with Crippen LogP contribution < -0.4 is 5.73 Å². The molecule has 3 unspecified atom stereocenters. The summed E-state index contributed by atoms with van der Waals surface area (Å²) in [6.07, 6.45) is 2.38. The van der Waals surface area contributed by atoms with Crippen molar-refractivity contribution in [1.82, 2.24) is 4.90 Å². The van der Waals surface area contributed by atoms with Crippen molar-refractivity contribution in [2.75, 3.05) is 33.4 Å². The van der Waals surface area contributed by atoms with Crippen LogP contribution in [0.3, 0.4) is 0 Å². The first kappa shape index (κ1) is 15.9. The van der Waals surface area contributed by atoms with Gasteiger partial charge in [0.05, 0.1) is 13.2 Å². The first-order valence-corrected chi connectivity index (χ1v) is 6.99. The predicted octanol–water partition coefficient (Wildman–Crippen LogP) is 1.08. The third-order valence-corrected chi connectivity index (χ3v) is 4.02. The smallest absolute Gasteiger partial charge is 0.0602 e. The molecule has 18 heavy (non-hydrogen) atoms. The van der Waals surface area contributed by atoms with Gasteiger partial charge in [-0.05, 0) is 30.7 Å². The molecule has 4 heteroatoms. The van der Waals surface area contributed by atoms with E-state index in [4.69, 9.17) is 10.5 Å². The molecule has 0 aromatic rings. The van der Waals surface area contributed by atoms with Gasteiger partial charge in [-0.2, -0.15) is 0 Å². The van der Waals surface area contributed by atoms with Crippen LogP contribution in [0.4, 0.5) is 0 Å². The third kappa shape index (κ3) is 4.19. The van der Waals surface area contributed by atoms with E-state index >= 15 is 0 Å². The minimum Gasteiger partial charge on any atom is -0.395 e. The zero-order valence-corrected chi connectivity index (χ0v) is 12.4. The second-order valence-corrected chi connectivity index (χ2v) is 6.60. The number of aliphatic hydroxyl groups excluding tert-OH is 1. The maximum Gasteiger partial charge on any atom is 0.0602 e. The minimum absolute atomic E-state index is 0.0104. The van der Waals surface area contributed by atoms with Crippen LogP contribution in [0, 0.1) is 11.3 Å². The molecular formula is C14H30N2O2. The summed E-state index contributed by atoms with van der Waals surface area (Å²) in [6.45, 7) is 9.38. The molecule has 4 nitrogen and oxygen atoms in total. The Balaban J connectivity index is 2.64. The summed E-state index contributed by atoms with van der Waals surface area (Å²) < 4.78 is 5.25. The van der Waals surface area contributed by atoms with E-state index in [1.807, 2.05) is 0 Å². The second kappa shape index (κ2) is 6.85. The van der Waals surface area contributed by atoms with Crippen molar-refractivity contribution in [3.8, 4) is 0 Å². The molecule has 0 saturated carbocycles. The summed E-state index contributed by atoms with van der Waals surface area (Å²) in [5, 5.41) is 9.68. The van der Waals surface area contributed by atoms with Gasteiger partial charge >= 0.3 is 0 Å². The molecule has 1 aliphatic heterocycles. The largest absolute Gasteiger partial charge is 0.395 e. The molecule has 3 atom stereocenters. The van der Waals surface area contributed by atoms with Crippen LogP contribution in [-0.4, -0.2) is 55.5 Å². The average molecular weight is 258 g/mol. The number of likely N-dealkylation sites (tertiary alicyclic amines) is 1. The number of rotatable bonds is 5. The van der Waals surface area contributed by atoms with Gasteiger partial charge in [0.15, 0.2) is 0 Å². The Morgan fingerprint density at radius 3 is 2.61 bits per heavy atom. The number of aliphatic hydroxyl groups is 1. The zero-order valence-electron chi connectivity index (χ0n) is 12.4. The summed E-state index contributed by atoms with van der Waals surface area (Å²) in [7, 11) is 1.75. The Morgan fingerprint density at radius 2 is 2.11 bits per heavy atom. The van der Waals surface area contributed by atoms with Crippen molar-refractivity contribution in [1.29, 1.82) is 0 Å². The Hall–Kier alpha value is -0.160. The Morgan fingerprint density at radius 1 is 1.44 bits per heavy atom. The molecule has 0 bridgehead atoms. The lowest BCUT2D eigenvalue weighted by Crippen LogP contribution is -2.57. The van der Waals surface area contributed by atoms with Gasteiger partial charge in [0.1, 0.15) is 0 Å². The van der Waals surface area contributed by atoms with Crippen LogP contribution in [0.5, 0.6) is 0 Å². The summed E-state index contributed by atoms with van der Waals surface area (Å²) in [5.74, 6) is 0.574. The fourth-order valence-corrected chi connectivity index (χ4v) is 2.80. The quantitative estimate of drug-likeness (QED) is 0.775. The number of hydrogen-bond acceptors (Lipinski definition) is 4. The molecule has 0 aromatic heterocycles. The molecule has 3 N–H and O–H groups in total. The van der Waals surface area contributed by atoms with Crippen LogP contribution in [0.2, 0.25) is 0 Å². The summed E-state index contributed by atoms with van der Waals surface area (Å²) in [6, 6.07) is 0.0495. The van der Waals surface area contributed by atoms with E-state index in [1.54, 1.807) is 7.11 Å². The van der Waals surface area contributed by atoms with Gasteiger partial charge in [0.25, 0.3) is 0 Å². The molecular weight excluding hydrogens is 228 g/mol. The van der Waals surface area contributed by atoms with E-state index in [0.717, 1.165) is 19.7 Å². The molecule has 108 valence electrons. The molecule has 1 aliphatic rings. The van der Waals surface area contributed by atoms with Gasteiger partial charge in [-0.1, -0.05) is 20.8 Å². The van der Waals surface area contributed by atoms with Crippen molar-refractivity contribution in [2.24, 2.45) is 17.1 Å². The molecule has 0 amide bonds. The van der Waals surface area contributed by atoms with Crippen molar-refractivity contribution in [3.05, 3.63) is 0 Å². The van der Waals surface area contributed by atoms with Gasteiger partial charge in [-0.3, -0.25) is 4.90 Å². The number of nitrogens with zero attached hydrogens (tertiary/aromatic N) is 1. The fourth-order valence-electron chi connectivity index (χ4n) is 2.80. The Labute approximate surface area is 111 Å². The first-order chi connectivity index (χ1) is 8.40.